The van der Waals surface area contributed by atoms with Crippen molar-refractivity contribution in [2.24, 2.45) is 0 Å². The van der Waals surface area contributed by atoms with Crippen LogP contribution in [0.3, 0.4) is 0 Å². The molecule has 0 spiro atoms. The quantitative estimate of drug-likeness (QED) is 0.623. The van der Waals surface area contributed by atoms with Gasteiger partial charge in [0.15, 0.2) is 0 Å². The lowest BCUT2D eigenvalue weighted by Crippen LogP contribution is -2.37. The van der Waals surface area contributed by atoms with E-state index < -0.39 is 24.0 Å². The van der Waals surface area contributed by atoms with Gasteiger partial charge in [0.25, 0.3) is 0 Å². The zero-order chi connectivity index (χ0) is 21.2. The van der Waals surface area contributed by atoms with E-state index in [0.717, 1.165) is 16.5 Å². The zero-order valence-electron chi connectivity index (χ0n) is 16.1. The van der Waals surface area contributed by atoms with Gasteiger partial charge < -0.3 is 24.6 Å². The molecule has 1 amide bonds. The summed E-state index contributed by atoms with van der Waals surface area (Å²) >= 11 is 0. The Morgan fingerprint density at radius 3 is 2.48 bits per heavy atom. The Morgan fingerprint density at radius 2 is 1.86 bits per heavy atom. The van der Waals surface area contributed by atoms with Gasteiger partial charge in [-0.05, 0) is 30.2 Å². The summed E-state index contributed by atoms with van der Waals surface area (Å²) in [5, 5.41) is 19.6. The zero-order valence-corrected chi connectivity index (χ0v) is 16.1. The van der Waals surface area contributed by atoms with Crippen molar-refractivity contribution in [3.63, 3.8) is 0 Å². The Balaban J connectivity index is 2.02. The van der Waals surface area contributed by atoms with Crippen LogP contribution in [-0.2, 0) is 16.1 Å². The van der Waals surface area contributed by atoms with E-state index in [1.54, 1.807) is 19.1 Å². The second-order valence-electron chi connectivity index (χ2n) is 6.19. The highest BCUT2D eigenvalue weighted by Crippen LogP contribution is 2.19. The van der Waals surface area contributed by atoms with E-state index in [9.17, 15) is 24.2 Å². The number of aliphatic hydroxyl groups is 2. The molecule has 0 aliphatic rings. The van der Waals surface area contributed by atoms with Crippen LogP contribution in [0.2, 0.25) is 0 Å². The van der Waals surface area contributed by atoms with Crippen molar-refractivity contribution < 1.29 is 33.7 Å². The standard InChI is InChI=1S/C21H24FNO6/c1-2-28-20(26)17-9-8-16(12-18(17)22)19(25)13-23(10-11-24)21(27)29-14-15-6-4-3-5-7-15/h3-9,12,19,24-25H,2,10-11,13-14H2,1H3. The molecule has 0 radical (unpaired) electrons. The van der Waals surface area contributed by atoms with Gasteiger partial charge in [-0.1, -0.05) is 36.4 Å². The molecule has 0 heterocycles. The number of esters is 1. The summed E-state index contributed by atoms with van der Waals surface area (Å²) < 4.78 is 24.2. The van der Waals surface area contributed by atoms with Crippen molar-refractivity contribution in [1.82, 2.24) is 4.90 Å². The SMILES string of the molecule is CCOC(=O)c1ccc(C(O)CN(CCO)C(=O)OCc2ccccc2)cc1F. The third-order valence-electron chi connectivity index (χ3n) is 4.10. The number of hydrogen-bond acceptors (Lipinski definition) is 6. The van der Waals surface area contributed by atoms with Gasteiger partial charge >= 0.3 is 12.1 Å². The first-order valence-corrected chi connectivity index (χ1v) is 9.17. The van der Waals surface area contributed by atoms with Gasteiger partial charge in [0.1, 0.15) is 12.4 Å². The molecule has 2 aromatic carbocycles. The summed E-state index contributed by atoms with van der Waals surface area (Å²) in [7, 11) is 0. The molecule has 1 atom stereocenters. The van der Waals surface area contributed by atoms with Crippen molar-refractivity contribution >= 4 is 12.1 Å². The predicted octanol–water partition coefficient (Wildman–Crippen LogP) is 2.67. The maximum Gasteiger partial charge on any atom is 0.410 e. The molecule has 0 bridgehead atoms. The van der Waals surface area contributed by atoms with E-state index >= 15 is 0 Å². The van der Waals surface area contributed by atoms with E-state index in [0.29, 0.717) is 0 Å². The van der Waals surface area contributed by atoms with Gasteiger partial charge in [0, 0.05) is 6.54 Å². The summed E-state index contributed by atoms with van der Waals surface area (Å²) in [6, 6.07) is 12.7. The maximum atomic E-state index is 14.2. The minimum absolute atomic E-state index is 0.0422. The topological polar surface area (TPSA) is 96.3 Å². The smallest absolute Gasteiger partial charge is 0.410 e. The van der Waals surface area contributed by atoms with Gasteiger partial charge in [-0.15, -0.1) is 0 Å². The van der Waals surface area contributed by atoms with Crippen molar-refractivity contribution in [3.8, 4) is 0 Å². The molecular formula is C21H24FNO6. The molecule has 0 aliphatic carbocycles. The number of halogens is 1. The average Bonchev–Trinajstić information content (AvgIpc) is 2.72. The van der Waals surface area contributed by atoms with Crippen LogP contribution in [0.1, 0.15) is 34.5 Å². The van der Waals surface area contributed by atoms with Gasteiger partial charge in [0.2, 0.25) is 0 Å². The lowest BCUT2D eigenvalue weighted by atomic mass is 10.1. The number of amides is 1. The molecule has 29 heavy (non-hydrogen) atoms. The molecular weight excluding hydrogens is 381 g/mol. The highest BCUT2D eigenvalue weighted by Gasteiger charge is 2.21. The molecule has 0 saturated carbocycles. The third-order valence-corrected chi connectivity index (χ3v) is 4.10. The van der Waals surface area contributed by atoms with Crippen LogP contribution in [0, 0.1) is 5.82 Å². The Bertz CT molecular complexity index is 814. The first-order chi connectivity index (χ1) is 14.0. The summed E-state index contributed by atoms with van der Waals surface area (Å²) in [6.07, 6.45) is -1.96. The minimum atomic E-state index is -1.24. The number of nitrogens with zero attached hydrogens (tertiary/aromatic N) is 1. The second-order valence-corrected chi connectivity index (χ2v) is 6.19. The maximum absolute atomic E-state index is 14.2. The monoisotopic (exact) mass is 405 g/mol. The number of hydrogen-bond donors (Lipinski definition) is 2. The number of ether oxygens (including phenoxy) is 2. The van der Waals surface area contributed by atoms with Crippen molar-refractivity contribution in [2.45, 2.75) is 19.6 Å². The lowest BCUT2D eigenvalue weighted by Gasteiger charge is -2.24. The Morgan fingerprint density at radius 1 is 1.14 bits per heavy atom. The average molecular weight is 405 g/mol. The number of benzene rings is 2. The fourth-order valence-corrected chi connectivity index (χ4v) is 2.62. The van der Waals surface area contributed by atoms with Crippen LogP contribution in [0.5, 0.6) is 0 Å². The molecule has 156 valence electrons. The van der Waals surface area contributed by atoms with E-state index in [4.69, 9.17) is 9.47 Å². The predicted molar refractivity (Wildman–Crippen MR) is 103 cm³/mol. The van der Waals surface area contributed by atoms with Crippen LogP contribution < -0.4 is 0 Å². The molecule has 1 unspecified atom stereocenters. The van der Waals surface area contributed by atoms with E-state index in [-0.39, 0.29) is 44.0 Å². The van der Waals surface area contributed by atoms with Gasteiger partial charge in [-0.3, -0.25) is 0 Å². The summed E-state index contributed by atoms with van der Waals surface area (Å²) in [5.74, 6) is -1.63. The van der Waals surface area contributed by atoms with Crippen LogP contribution in [0.4, 0.5) is 9.18 Å². The highest BCUT2D eigenvalue weighted by atomic mass is 19.1. The Hall–Kier alpha value is -2.97. The van der Waals surface area contributed by atoms with E-state index in [1.165, 1.54) is 12.1 Å². The Kier molecular flexibility index (Phi) is 8.57. The number of carbonyl (C=O) groups is 2. The van der Waals surface area contributed by atoms with Gasteiger partial charge in [-0.25, -0.2) is 14.0 Å². The first-order valence-electron chi connectivity index (χ1n) is 9.17. The first kappa shape index (κ1) is 22.3. The second kappa shape index (κ2) is 11.1. The van der Waals surface area contributed by atoms with Crippen molar-refractivity contribution in [3.05, 3.63) is 71.0 Å². The number of carbonyl (C=O) groups excluding carboxylic acids is 2. The number of aliphatic hydroxyl groups excluding tert-OH is 2. The van der Waals surface area contributed by atoms with Crippen LogP contribution in [-0.4, -0.2) is 53.5 Å². The van der Waals surface area contributed by atoms with Crippen LogP contribution >= 0.6 is 0 Å². The summed E-state index contributed by atoms with van der Waals surface area (Å²) in [4.78, 5) is 25.1. The molecule has 0 saturated heterocycles. The molecule has 0 fully saturated rings. The Labute approximate surface area is 168 Å². The van der Waals surface area contributed by atoms with Gasteiger partial charge in [-0.2, -0.15) is 0 Å². The van der Waals surface area contributed by atoms with Crippen LogP contribution in [0.15, 0.2) is 48.5 Å². The fraction of sp³-hybridized carbons (Fsp3) is 0.333. The molecule has 7 nitrogen and oxygen atoms in total. The van der Waals surface area contributed by atoms with E-state index in [2.05, 4.69) is 0 Å². The summed E-state index contributed by atoms with van der Waals surface area (Å²) in [6.45, 7) is 1.16. The van der Waals surface area contributed by atoms with Crippen molar-refractivity contribution in [1.29, 1.82) is 0 Å². The largest absolute Gasteiger partial charge is 0.462 e. The molecule has 0 aromatic heterocycles. The minimum Gasteiger partial charge on any atom is -0.462 e. The molecule has 8 heteroatoms. The van der Waals surface area contributed by atoms with Crippen LogP contribution in [0.25, 0.3) is 0 Å². The fourth-order valence-electron chi connectivity index (χ4n) is 2.62. The lowest BCUT2D eigenvalue weighted by molar-refractivity contribution is 0.0520. The van der Waals surface area contributed by atoms with Crippen molar-refractivity contribution in [2.75, 3.05) is 26.3 Å². The third kappa shape index (κ3) is 6.55. The number of rotatable bonds is 9. The van der Waals surface area contributed by atoms with Gasteiger partial charge in [0.05, 0.1) is 31.4 Å². The normalized spacial score (nSPS) is 11.6. The van der Waals surface area contributed by atoms with E-state index in [1.807, 2.05) is 18.2 Å². The molecule has 0 aliphatic heterocycles. The summed E-state index contributed by atoms with van der Waals surface area (Å²) in [5.41, 5.74) is 0.730. The molecule has 2 aromatic rings. The molecule has 2 N–H and O–H groups in total. The molecule has 2 rings (SSSR count). The highest BCUT2D eigenvalue weighted by molar-refractivity contribution is 5.89.